The zero-order chi connectivity index (χ0) is 13.2. The smallest absolute Gasteiger partial charge is 0.00509 e. The molecule has 2 rings (SSSR count). The first-order valence-corrected chi connectivity index (χ1v) is 7.31. The molecule has 100 valence electrons. The van der Waals surface area contributed by atoms with Crippen LogP contribution in [0.1, 0.15) is 63.5 Å². The Morgan fingerprint density at radius 2 is 1.94 bits per heavy atom. The van der Waals surface area contributed by atoms with Crippen LogP contribution >= 0.6 is 0 Å². The van der Waals surface area contributed by atoms with Gasteiger partial charge in [-0.1, -0.05) is 38.1 Å². The normalized spacial score (nSPS) is 21.8. The molecule has 1 aromatic rings. The molecule has 0 aromatic heterocycles. The van der Waals surface area contributed by atoms with Gasteiger partial charge in [0.05, 0.1) is 0 Å². The number of nitrogens with two attached hydrogens (primary N) is 1. The average Bonchev–Trinajstić information content (AvgIpc) is 2.28. The minimum Gasteiger partial charge on any atom is -0.328 e. The standard InChI is InChI=1S/C17H27N/c1-13(18)11-14-5-4-6-16(12-14)15-7-9-17(2,3)10-8-15/h4-6,12-13,15H,7-11,18H2,1-3H3. The van der Waals surface area contributed by atoms with Gasteiger partial charge in [-0.2, -0.15) is 0 Å². The Balaban J connectivity index is 2.05. The maximum atomic E-state index is 5.89. The highest BCUT2D eigenvalue weighted by atomic mass is 14.6. The largest absolute Gasteiger partial charge is 0.328 e. The molecule has 0 spiro atoms. The number of benzene rings is 1. The quantitative estimate of drug-likeness (QED) is 0.846. The van der Waals surface area contributed by atoms with E-state index in [1.807, 2.05) is 0 Å². The van der Waals surface area contributed by atoms with Crippen molar-refractivity contribution in [2.75, 3.05) is 0 Å². The van der Waals surface area contributed by atoms with Crippen LogP contribution < -0.4 is 5.73 Å². The van der Waals surface area contributed by atoms with Crippen LogP contribution in [0.2, 0.25) is 0 Å². The molecular weight excluding hydrogens is 218 g/mol. The Morgan fingerprint density at radius 3 is 2.56 bits per heavy atom. The summed E-state index contributed by atoms with van der Waals surface area (Å²) in [6.07, 6.45) is 6.39. The van der Waals surface area contributed by atoms with E-state index in [-0.39, 0.29) is 6.04 Å². The molecule has 0 radical (unpaired) electrons. The van der Waals surface area contributed by atoms with Gasteiger partial charge in [-0.15, -0.1) is 0 Å². The monoisotopic (exact) mass is 245 g/mol. The Hall–Kier alpha value is -0.820. The fraction of sp³-hybridized carbons (Fsp3) is 0.647. The van der Waals surface area contributed by atoms with Crippen LogP contribution in [-0.4, -0.2) is 6.04 Å². The van der Waals surface area contributed by atoms with Crippen molar-refractivity contribution in [1.29, 1.82) is 0 Å². The minimum absolute atomic E-state index is 0.255. The second kappa shape index (κ2) is 5.44. The lowest BCUT2D eigenvalue weighted by Crippen LogP contribution is -2.20. The summed E-state index contributed by atoms with van der Waals surface area (Å²) in [4.78, 5) is 0. The second-order valence-corrected chi connectivity index (χ2v) is 6.86. The summed E-state index contributed by atoms with van der Waals surface area (Å²) in [5.41, 5.74) is 9.37. The number of rotatable bonds is 3. The molecule has 0 amide bonds. The summed E-state index contributed by atoms with van der Waals surface area (Å²) in [6, 6.07) is 9.34. The zero-order valence-electron chi connectivity index (χ0n) is 12.1. The topological polar surface area (TPSA) is 26.0 Å². The van der Waals surface area contributed by atoms with Gasteiger partial charge in [-0.3, -0.25) is 0 Å². The third kappa shape index (κ3) is 3.58. The van der Waals surface area contributed by atoms with Gasteiger partial charge >= 0.3 is 0 Å². The molecule has 18 heavy (non-hydrogen) atoms. The van der Waals surface area contributed by atoms with Crippen molar-refractivity contribution in [2.45, 2.75) is 64.8 Å². The van der Waals surface area contributed by atoms with E-state index < -0.39 is 0 Å². The number of hydrogen-bond donors (Lipinski definition) is 1. The van der Waals surface area contributed by atoms with Crippen LogP contribution in [0.5, 0.6) is 0 Å². The maximum Gasteiger partial charge on any atom is 0.00509 e. The molecule has 1 nitrogen and oxygen atoms in total. The first-order chi connectivity index (χ1) is 8.46. The molecule has 0 aliphatic heterocycles. The van der Waals surface area contributed by atoms with E-state index in [9.17, 15) is 0 Å². The zero-order valence-corrected chi connectivity index (χ0v) is 12.1. The summed E-state index contributed by atoms with van der Waals surface area (Å²) in [6.45, 7) is 6.88. The van der Waals surface area contributed by atoms with Crippen LogP contribution in [0.4, 0.5) is 0 Å². The Kier molecular flexibility index (Phi) is 4.11. The Bertz CT molecular complexity index is 382. The second-order valence-electron chi connectivity index (χ2n) is 6.86. The van der Waals surface area contributed by atoms with Gasteiger partial charge in [-0.25, -0.2) is 0 Å². The molecule has 1 atom stereocenters. The van der Waals surface area contributed by atoms with Crippen molar-refractivity contribution in [3.05, 3.63) is 35.4 Å². The third-order valence-electron chi connectivity index (χ3n) is 4.32. The predicted octanol–water partition coefficient (Wildman–Crippen LogP) is 4.26. The fourth-order valence-corrected chi connectivity index (χ4v) is 3.08. The first kappa shape index (κ1) is 13.6. The molecular formula is C17H27N. The van der Waals surface area contributed by atoms with Crippen LogP contribution in [0.3, 0.4) is 0 Å². The van der Waals surface area contributed by atoms with Gasteiger partial charge in [0.15, 0.2) is 0 Å². The highest BCUT2D eigenvalue weighted by molar-refractivity contribution is 5.27. The van der Waals surface area contributed by atoms with E-state index >= 15 is 0 Å². The van der Waals surface area contributed by atoms with Crippen molar-refractivity contribution in [1.82, 2.24) is 0 Å². The van der Waals surface area contributed by atoms with E-state index in [1.54, 1.807) is 0 Å². The van der Waals surface area contributed by atoms with Gasteiger partial charge in [0.25, 0.3) is 0 Å². The molecule has 1 unspecified atom stereocenters. The maximum absolute atomic E-state index is 5.89. The summed E-state index contributed by atoms with van der Waals surface area (Å²) >= 11 is 0. The molecule has 1 aromatic carbocycles. The highest BCUT2D eigenvalue weighted by Crippen LogP contribution is 2.42. The fourth-order valence-electron chi connectivity index (χ4n) is 3.08. The molecule has 0 saturated heterocycles. The SMILES string of the molecule is CC(N)Cc1cccc(C2CCC(C)(C)CC2)c1. The summed E-state index contributed by atoms with van der Waals surface area (Å²) in [7, 11) is 0. The van der Waals surface area contributed by atoms with Crippen molar-refractivity contribution in [3.63, 3.8) is 0 Å². The molecule has 1 heteroatoms. The van der Waals surface area contributed by atoms with Crippen LogP contribution in [0.15, 0.2) is 24.3 Å². The van der Waals surface area contributed by atoms with Crippen LogP contribution in [0.25, 0.3) is 0 Å². The predicted molar refractivity (Wildman–Crippen MR) is 78.8 cm³/mol. The van der Waals surface area contributed by atoms with Crippen molar-refractivity contribution < 1.29 is 0 Å². The summed E-state index contributed by atoms with van der Waals surface area (Å²) in [5, 5.41) is 0. The van der Waals surface area contributed by atoms with E-state index in [1.165, 1.54) is 36.8 Å². The minimum atomic E-state index is 0.255. The van der Waals surface area contributed by atoms with Crippen LogP contribution in [0, 0.1) is 5.41 Å². The Morgan fingerprint density at radius 1 is 1.28 bits per heavy atom. The van der Waals surface area contributed by atoms with Crippen LogP contribution in [-0.2, 0) is 6.42 Å². The Labute approximate surface area is 112 Å². The van der Waals surface area contributed by atoms with Gasteiger partial charge < -0.3 is 5.73 Å². The van der Waals surface area contributed by atoms with E-state index in [2.05, 4.69) is 45.0 Å². The molecule has 1 fully saturated rings. The molecule has 1 saturated carbocycles. The van der Waals surface area contributed by atoms with E-state index in [4.69, 9.17) is 5.73 Å². The first-order valence-electron chi connectivity index (χ1n) is 7.31. The van der Waals surface area contributed by atoms with Gasteiger partial charge in [0.2, 0.25) is 0 Å². The number of hydrogen-bond acceptors (Lipinski definition) is 1. The molecule has 0 heterocycles. The lowest BCUT2D eigenvalue weighted by Gasteiger charge is -2.34. The highest BCUT2D eigenvalue weighted by Gasteiger charge is 2.27. The molecule has 2 N–H and O–H groups in total. The van der Waals surface area contributed by atoms with E-state index in [0.717, 1.165) is 12.3 Å². The lowest BCUT2D eigenvalue weighted by atomic mass is 9.71. The van der Waals surface area contributed by atoms with Crippen molar-refractivity contribution in [2.24, 2.45) is 11.1 Å². The summed E-state index contributed by atoms with van der Waals surface area (Å²) < 4.78 is 0. The van der Waals surface area contributed by atoms with Crippen molar-refractivity contribution >= 4 is 0 Å². The molecule has 1 aliphatic carbocycles. The third-order valence-corrected chi connectivity index (χ3v) is 4.32. The summed E-state index contributed by atoms with van der Waals surface area (Å²) in [5.74, 6) is 0.769. The van der Waals surface area contributed by atoms with Gasteiger partial charge in [0.1, 0.15) is 0 Å². The molecule has 1 aliphatic rings. The van der Waals surface area contributed by atoms with Crippen molar-refractivity contribution in [3.8, 4) is 0 Å². The lowest BCUT2D eigenvalue weighted by molar-refractivity contribution is 0.224. The van der Waals surface area contributed by atoms with Gasteiger partial charge in [0, 0.05) is 6.04 Å². The van der Waals surface area contributed by atoms with E-state index in [0.29, 0.717) is 5.41 Å². The average molecular weight is 245 g/mol. The molecule has 0 bridgehead atoms. The van der Waals surface area contributed by atoms with Gasteiger partial charge in [-0.05, 0) is 61.5 Å².